The Kier molecular flexibility index (Phi) is 4.79. The number of amides is 2. The molecule has 13 heteroatoms. The number of pyridine rings is 1. The van der Waals surface area contributed by atoms with Crippen LogP contribution in [0.15, 0.2) is 29.2 Å². The lowest BCUT2D eigenvalue weighted by molar-refractivity contribution is -0.155. The van der Waals surface area contributed by atoms with Gasteiger partial charge in [0.05, 0.1) is 12.6 Å². The van der Waals surface area contributed by atoms with Gasteiger partial charge in [0.2, 0.25) is 5.43 Å². The molecule has 0 radical (unpaired) electrons. The van der Waals surface area contributed by atoms with Gasteiger partial charge < -0.3 is 24.6 Å². The number of nitrogens with one attached hydrogen (secondary N) is 1. The van der Waals surface area contributed by atoms with E-state index in [0.717, 1.165) is 17.2 Å². The van der Waals surface area contributed by atoms with Crippen LogP contribution in [0.3, 0.4) is 0 Å². The summed E-state index contributed by atoms with van der Waals surface area (Å²) in [6, 6.07) is -1.63. The highest BCUT2D eigenvalue weighted by molar-refractivity contribution is 5.99. The van der Waals surface area contributed by atoms with Gasteiger partial charge in [0, 0.05) is 23.9 Å². The minimum absolute atomic E-state index is 0.0236. The summed E-state index contributed by atoms with van der Waals surface area (Å²) in [5.41, 5.74) is -3.67. The molecule has 3 heterocycles. The van der Waals surface area contributed by atoms with Crippen molar-refractivity contribution in [3.8, 4) is 5.75 Å². The molecule has 36 heavy (non-hydrogen) atoms. The van der Waals surface area contributed by atoms with Gasteiger partial charge in [-0.2, -0.15) is 13.2 Å². The molecule has 4 aliphatic rings. The van der Waals surface area contributed by atoms with E-state index in [0.29, 0.717) is 30.4 Å². The zero-order valence-electron chi connectivity index (χ0n) is 18.3. The Labute approximate surface area is 199 Å². The van der Waals surface area contributed by atoms with Gasteiger partial charge in [0.15, 0.2) is 23.7 Å². The topological polar surface area (TPSA) is 101 Å². The van der Waals surface area contributed by atoms with E-state index >= 15 is 0 Å². The summed E-state index contributed by atoms with van der Waals surface area (Å²) in [5.74, 6) is -5.32. The Balaban J connectivity index is 1.35. The molecule has 6 rings (SSSR count). The van der Waals surface area contributed by atoms with Crippen molar-refractivity contribution in [3.05, 3.63) is 63.1 Å². The number of hydrogen-bond acceptors (Lipinski definition) is 5. The summed E-state index contributed by atoms with van der Waals surface area (Å²) in [7, 11) is 0. The fourth-order valence-corrected chi connectivity index (χ4v) is 5.81. The fraction of sp³-hybridized carbons (Fsp3) is 0.435. The van der Waals surface area contributed by atoms with Crippen molar-refractivity contribution in [2.45, 2.75) is 50.0 Å². The van der Waals surface area contributed by atoms with Crippen LogP contribution in [0.4, 0.5) is 22.0 Å². The summed E-state index contributed by atoms with van der Waals surface area (Å²) in [6.45, 7) is -0.0447. The monoisotopic (exact) mass is 511 g/mol. The van der Waals surface area contributed by atoms with Crippen molar-refractivity contribution in [2.24, 2.45) is 11.8 Å². The van der Waals surface area contributed by atoms with Crippen LogP contribution < -0.4 is 10.7 Å². The molecule has 2 aliphatic heterocycles. The molecule has 1 saturated heterocycles. The second-order valence-corrected chi connectivity index (χ2v) is 9.54. The SMILES string of the molecule is O=C(N[C@@H](c1ccc(F)cc1F)C(F)(F)F)c1cn2c(c(O)c1=O)C(=O)N1C3CC(O[C@@H]1C2)[C@@H]1CC31. The van der Waals surface area contributed by atoms with Crippen LogP contribution in [0.1, 0.15) is 45.3 Å². The zero-order chi connectivity index (χ0) is 25.7. The van der Waals surface area contributed by atoms with Crippen LogP contribution in [-0.4, -0.2) is 50.9 Å². The van der Waals surface area contributed by atoms with Gasteiger partial charge in [-0.3, -0.25) is 14.4 Å². The molecule has 1 aromatic heterocycles. The van der Waals surface area contributed by atoms with Crippen molar-refractivity contribution in [1.29, 1.82) is 0 Å². The molecule has 2 aromatic rings. The molecule has 1 aromatic carbocycles. The highest BCUT2D eigenvalue weighted by Crippen LogP contribution is 2.58. The molecule has 190 valence electrons. The van der Waals surface area contributed by atoms with Crippen molar-refractivity contribution < 1.29 is 41.4 Å². The molecule has 2 N–H and O–H groups in total. The molecule has 2 amide bonds. The first kappa shape index (κ1) is 23.0. The van der Waals surface area contributed by atoms with E-state index in [9.17, 15) is 41.4 Å². The molecule has 8 nitrogen and oxygen atoms in total. The quantitative estimate of drug-likeness (QED) is 0.617. The zero-order valence-corrected chi connectivity index (χ0v) is 18.3. The number of hydrogen-bond donors (Lipinski definition) is 2. The van der Waals surface area contributed by atoms with Gasteiger partial charge in [0.25, 0.3) is 11.8 Å². The predicted octanol–water partition coefficient (Wildman–Crippen LogP) is 2.45. The predicted molar refractivity (Wildman–Crippen MR) is 110 cm³/mol. The first-order chi connectivity index (χ1) is 17.0. The highest BCUT2D eigenvalue weighted by Gasteiger charge is 2.63. The molecule has 6 atom stereocenters. The van der Waals surface area contributed by atoms with Crippen LogP contribution in [0.25, 0.3) is 0 Å². The lowest BCUT2D eigenvalue weighted by Crippen LogP contribution is -2.58. The van der Waals surface area contributed by atoms with E-state index < -0.39 is 64.2 Å². The normalized spacial score (nSPS) is 28.8. The van der Waals surface area contributed by atoms with Crippen LogP contribution in [-0.2, 0) is 11.3 Å². The second kappa shape index (κ2) is 7.51. The third-order valence-corrected chi connectivity index (χ3v) is 7.50. The Morgan fingerprint density at radius 3 is 2.61 bits per heavy atom. The molecule has 0 spiro atoms. The number of nitrogens with zero attached hydrogens (tertiary/aromatic N) is 2. The van der Waals surface area contributed by atoms with E-state index in [1.54, 1.807) is 5.32 Å². The minimum atomic E-state index is -5.20. The van der Waals surface area contributed by atoms with E-state index in [4.69, 9.17) is 4.74 Å². The van der Waals surface area contributed by atoms with E-state index in [1.807, 2.05) is 0 Å². The summed E-state index contributed by atoms with van der Waals surface area (Å²) < 4.78 is 75.5. The first-order valence-corrected chi connectivity index (χ1v) is 11.2. The summed E-state index contributed by atoms with van der Waals surface area (Å²) in [6.07, 6.45) is -3.47. The number of alkyl halides is 3. The number of fused-ring (bicyclic) bond motifs is 8. The third kappa shape index (κ3) is 3.32. The summed E-state index contributed by atoms with van der Waals surface area (Å²) >= 11 is 0. The van der Waals surface area contributed by atoms with Crippen molar-refractivity contribution in [1.82, 2.24) is 14.8 Å². The van der Waals surface area contributed by atoms with Crippen molar-refractivity contribution >= 4 is 11.8 Å². The average molecular weight is 511 g/mol. The third-order valence-electron chi connectivity index (χ3n) is 7.50. The van der Waals surface area contributed by atoms with Crippen molar-refractivity contribution in [3.63, 3.8) is 0 Å². The van der Waals surface area contributed by atoms with Crippen molar-refractivity contribution in [2.75, 3.05) is 0 Å². The fourth-order valence-electron chi connectivity index (χ4n) is 5.81. The van der Waals surface area contributed by atoms with Gasteiger partial charge in [-0.15, -0.1) is 0 Å². The molecular weight excluding hydrogens is 493 g/mol. The largest absolute Gasteiger partial charge is 0.503 e. The standard InChI is InChI=1S/C23H18F5N3O5/c24-8-1-2-9(13(25)3-8)20(23(26,27)28)29-21(34)12-6-30-7-16-31(22(35)17(30)19(33)18(12)32)14-5-15(36-16)11-4-10(11)14/h1-3,6,10-11,14-16,20,33H,4-5,7H2,(H,29,34)/t10?,11-,14?,15?,16-,20+/m1/s1. The smallest absolute Gasteiger partial charge is 0.412 e. The molecule has 2 aliphatic carbocycles. The number of carbonyl (C=O) groups is 2. The molecule has 2 saturated carbocycles. The molecule has 3 unspecified atom stereocenters. The van der Waals surface area contributed by atoms with E-state index in [-0.39, 0.29) is 30.5 Å². The summed E-state index contributed by atoms with van der Waals surface area (Å²) in [4.78, 5) is 40.3. The maximum Gasteiger partial charge on any atom is 0.412 e. The number of ether oxygens (including phenoxy) is 1. The van der Waals surface area contributed by atoms with Gasteiger partial charge in [-0.1, -0.05) is 6.07 Å². The average Bonchev–Trinajstić information content (AvgIpc) is 3.54. The van der Waals surface area contributed by atoms with Crippen LogP contribution >= 0.6 is 0 Å². The lowest BCUT2D eigenvalue weighted by Gasteiger charge is -2.45. The Bertz CT molecular complexity index is 1380. The van der Waals surface area contributed by atoms with Gasteiger partial charge in [0.1, 0.15) is 17.2 Å². The number of benzene rings is 1. The number of carbonyl (C=O) groups excluding carboxylic acids is 2. The second-order valence-electron chi connectivity index (χ2n) is 9.54. The van der Waals surface area contributed by atoms with Gasteiger partial charge in [-0.05, 0) is 30.7 Å². The number of rotatable bonds is 3. The van der Waals surface area contributed by atoms with Crippen LogP contribution in [0.2, 0.25) is 0 Å². The van der Waals surface area contributed by atoms with Crippen LogP contribution in [0, 0.1) is 23.5 Å². The molecule has 3 fully saturated rings. The minimum Gasteiger partial charge on any atom is -0.503 e. The summed E-state index contributed by atoms with van der Waals surface area (Å²) in [5, 5.41) is 12.1. The Morgan fingerprint density at radius 2 is 1.92 bits per heavy atom. The van der Waals surface area contributed by atoms with Gasteiger partial charge in [-0.25, -0.2) is 8.78 Å². The number of halogens is 5. The van der Waals surface area contributed by atoms with Gasteiger partial charge >= 0.3 is 6.18 Å². The van der Waals surface area contributed by atoms with E-state index in [1.165, 1.54) is 4.90 Å². The Hall–Kier alpha value is -3.48. The maximum atomic E-state index is 14.1. The Morgan fingerprint density at radius 1 is 1.17 bits per heavy atom. The number of aromatic hydroxyl groups is 1. The first-order valence-electron chi connectivity index (χ1n) is 11.2. The number of aromatic nitrogens is 1. The molecule has 2 bridgehead atoms. The maximum absolute atomic E-state index is 14.1. The lowest BCUT2D eigenvalue weighted by atomic mass is 10.0. The highest BCUT2D eigenvalue weighted by atomic mass is 19.4. The van der Waals surface area contributed by atoms with E-state index in [2.05, 4.69) is 0 Å². The molecular formula is C23H18F5N3O5. The van der Waals surface area contributed by atoms with Crippen LogP contribution in [0.5, 0.6) is 5.75 Å².